The number of benzene rings is 1. The van der Waals surface area contributed by atoms with E-state index >= 15 is 0 Å². The quantitative estimate of drug-likeness (QED) is 0.808. The van der Waals surface area contributed by atoms with Crippen molar-refractivity contribution in [3.05, 3.63) is 23.8 Å². The number of methoxy groups -OCH3 is 3. The summed E-state index contributed by atoms with van der Waals surface area (Å²) in [5.41, 5.74) is 6.52. The summed E-state index contributed by atoms with van der Waals surface area (Å²) in [5.74, 6) is 0.839. The molecule has 0 bridgehead atoms. The third kappa shape index (κ3) is 4.13. The van der Waals surface area contributed by atoms with Gasteiger partial charge in [-0.25, -0.2) is 0 Å². The first-order chi connectivity index (χ1) is 9.31. The molecule has 1 atom stereocenters. The van der Waals surface area contributed by atoms with Crippen LogP contribution in [0.1, 0.15) is 31.7 Å². The Morgan fingerprint density at radius 2 is 1.65 bits per heavy atom. The second-order valence-electron chi connectivity index (χ2n) is 5.30. The van der Waals surface area contributed by atoms with Crippen LogP contribution in [0.2, 0.25) is 0 Å². The number of hydrogen-bond donors (Lipinski definition) is 1. The Morgan fingerprint density at radius 3 is 2.00 bits per heavy atom. The zero-order valence-electron chi connectivity index (χ0n) is 12.7. The van der Waals surface area contributed by atoms with E-state index in [4.69, 9.17) is 19.9 Å². The van der Waals surface area contributed by atoms with Crippen LogP contribution < -0.4 is 15.2 Å². The predicted molar refractivity (Wildman–Crippen MR) is 77.2 cm³/mol. The number of carbonyl (C=O) groups excluding carboxylic acids is 1. The first-order valence-electron chi connectivity index (χ1n) is 6.40. The molecule has 2 N–H and O–H groups in total. The second kappa shape index (κ2) is 6.61. The van der Waals surface area contributed by atoms with Crippen LogP contribution in [0.25, 0.3) is 0 Å². The van der Waals surface area contributed by atoms with E-state index in [9.17, 15) is 4.79 Å². The van der Waals surface area contributed by atoms with Gasteiger partial charge in [0.1, 0.15) is 11.5 Å². The molecular formula is C15H23NO4. The molecule has 0 aliphatic heterocycles. The monoisotopic (exact) mass is 281 g/mol. The van der Waals surface area contributed by atoms with Gasteiger partial charge in [-0.1, -0.05) is 0 Å². The standard InChI is InChI=1S/C15H23NO4/c1-15(2,16)13(9-14(17)20-5)10-6-11(18-3)8-12(7-10)19-4/h6-8,13H,9,16H2,1-5H3. The first-order valence-corrected chi connectivity index (χ1v) is 6.40. The van der Waals surface area contributed by atoms with E-state index in [1.807, 2.05) is 26.0 Å². The molecule has 0 amide bonds. The van der Waals surface area contributed by atoms with Gasteiger partial charge < -0.3 is 19.9 Å². The lowest BCUT2D eigenvalue weighted by Crippen LogP contribution is -2.40. The topological polar surface area (TPSA) is 70.8 Å². The number of carbonyl (C=O) groups is 1. The fourth-order valence-corrected chi connectivity index (χ4v) is 2.09. The Labute approximate surface area is 120 Å². The van der Waals surface area contributed by atoms with Crippen molar-refractivity contribution < 1.29 is 19.0 Å². The second-order valence-corrected chi connectivity index (χ2v) is 5.30. The summed E-state index contributed by atoms with van der Waals surface area (Å²) in [4.78, 5) is 11.6. The van der Waals surface area contributed by atoms with Crippen LogP contribution in [0.4, 0.5) is 0 Å². The van der Waals surface area contributed by atoms with Crippen LogP contribution in [0.5, 0.6) is 11.5 Å². The molecule has 0 spiro atoms. The maximum atomic E-state index is 11.6. The molecule has 0 radical (unpaired) electrons. The molecule has 0 saturated carbocycles. The van der Waals surface area contributed by atoms with Crippen molar-refractivity contribution in [3.8, 4) is 11.5 Å². The Balaban J connectivity index is 3.22. The summed E-state index contributed by atoms with van der Waals surface area (Å²) in [6.07, 6.45) is 0.205. The average molecular weight is 281 g/mol. The molecule has 1 aromatic rings. The maximum absolute atomic E-state index is 11.6. The number of rotatable bonds is 6. The van der Waals surface area contributed by atoms with Crippen molar-refractivity contribution in [1.29, 1.82) is 0 Å². The predicted octanol–water partition coefficient (Wildman–Crippen LogP) is 2.09. The Bertz CT molecular complexity index is 443. The van der Waals surface area contributed by atoms with Gasteiger partial charge in [-0.05, 0) is 31.5 Å². The van der Waals surface area contributed by atoms with Gasteiger partial charge in [0, 0.05) is 17.5 Å². The molecule has 5 nitrogen and oxygen atoms in total. The molecule has 0 heterocycles. The zero-order valence-corrected chi connectivity index (χ0v) is 12.7. The Morgan fingerprint density at radius 1 is 1.15 bits per heavy atom. The normalized spacial score (nSPS) is 12.7. The molecular weight excluding hydrogens is 258 g/mol. The van der Waals surface area contributed by atoms with Gasteiger partial charge in [0.05, 0.1) is 27.8 Å². The van der Waals surface area contributed by atoms with E-state index in [-0.39, 0.29) is 18.3 Å². The summed E-state index contributed by atoms with van der Waals surface area (Å²) >= 11 is 0. The van der Waals surface area contributed by atoms with Gasteiger partial charge in [-0.2, -0.15) is 0 Å². The van der Waals surface area contributed by atoms with Gasteiger partial charge in [0.25, 0.3) is 0 Å². The van der Waals surface area contributed by atoms with Crippen molar-refractivity contribution >= 4 is 5.97 Å². The van der Waals surface area contributed by atoms with E-state index in [0.29, 0.717) is 11.5 Å². The number of nitrogens with two attached hydrogens (primary N) is 1. The highest BCUT2D eigenvalue weighted by molar-refractivity contribution is 5.70. The minimum absolute atomic E-state index is 0.195. The summed E-state index contributed by atoms with van der Waals surface area (Å²) in [5, 5.41) is 0. The van der Waals surface area contributed by atoms with Crippen LogP contribution in [-0.2, 0) is 9.53 Å². The van der Waals surface area contributed by atoms with Gasteiger partial charge in [-0.3, -0.25) is 4.79 Å². The zero-order chi connectivity index (χ0) is 15.3. The molecule has 0 aliphatic rings. The van der Waals surface area contributed by atoms with Gasteiger partial charge in [0.15, 0.2) is 0 Å². The van der Waals surface area contributed by atoms with Gasteiger partial charge in [-0.15, -0.1) is 0 Å². The van der Waals surface area contributed by atoms with E-state index in [0.717, 1.165) is 5.56 Å². The van der Waals surface area contributed by atoms with E-state index in [2.05, 4.69) is 0 Å². The lowest BCUT2D eigenvalue weighted by molar-refractivity contribution is -0.141. The number of esters is 1. The molecule has 0 aliphatic carbocycles. The minimum Gasteiger partial charge on any atom is -0.497 e. The average Bonchev–Trinajstić information content (AvgIpc) is 2.42. The SMILES string of the molecule is COC(=O)CC(c1cc(OC)cc(OC)c1)C(C)(C)N. The fourth-order valence-electron chi connectivity index (χ4n) is 2.09. The summed E-state index contributed by atoms with van der Waals surface area (Å²) in [6.45, 7) is 3.76. The minimum atomic E-state index is -0.578. The van der Waals surface area contributed by atoms with Crippen molar-refractivity contribution in [1.82, 2.24) is 0 Å². The molecule has 0 fully saturated rings. The van der Waals surface area contributed by atoms with Crippen molar-refractivity contribution in [2.45, 2.75) is 31.7 Å². The van der Waals surface area contributed by atoms with Crippen molar-refractivity contribution in [2.75, 3.05) is 21.3 Å². The van der Waals surface area contributed by atoms with E-state index < -0.39 is 5.54 Å². The molecule has 5 heteroatoms. The van der Waals surface area contributed by atoms with Crippen LogP contribution in [0.15, 0.2) is 18.2 Å². The van der Waals surface area contributed by atoms with Crippen LogP contribution in [0.3, 0.4) is 0 Å². The van der Waals surface area contributed by atoms with Crippen molar-refractivity contribution in [3.63, 3.8) is 0 Å². The smallest absolute Gasteiger partial charge is 0.306 e. The largest absolute Gasteiger partial charge is 0.497 e. The maximum Gasteiger partial charge on any atom is 0.306 e. The highest BCUT2D eigenvalue weighted by Crippen LogP contribution is 2.34. The van der Waals surface area contributed by atoms with Gasteiger partial charge >= 0.3 is 5.97 Å². The molecule has 1 aromatic carbocycles. The molecule has 1 rings (SSSR count). The summed E-state index contributed by atoms with van der Waals surface area (Å²) < 4.78 is 15.3. The fraction of sp³-hybridized carbons (Fsp3) is 0.533. The highest BCUT2D eigenvalue weighted by atomic mass is 16.5. The molecule has 0 saturated heterocycles. The lowest BCUT2D eigenvalue weighted by Gasteiger charge is -2.30. The molecule has 112 valence electrons. The molecule has 1 unspecified atom stereocenters. The van der Waals surface area contributed by atoms with Crippen LogP contribution in [0, 0.1) is 0 Å². The third-order valence-corrected chi connectivity index (χ3v) is 3.27. The van der Waals surface area contributed by atoms with Crippen LogP contribution >= 0.6 is 0 Å². The van der Waals surface area contributed by atoms with Crippen LogP contribution in [-0.4, -0.2) is 32.8 Å². The number of ether oxygens (including phenoxy) is 3. The number of hydrogen-bond acceptors (Lipinski definition) is 5. The Hall–Kier alpha value is -1.75. The van der Waals surface area contributed by atoms with E-state index in [1.165, 1.54) is 7.11 Å². The van der Waals surface area contributed by atoms with Crippen molar-refractivity contribution in [2.24, 2.45) is 5.73 Å². The summed E-state index contributed by atoms with van der Waals surface area (Å²) in [7, 11) is 4.54. The molecule has 20 heavy (non-hydrogen) atoms. The molecule has 0 aromatic heterocycles. The van der Waals surface area contributed by atoms with Gasteiger partial charge in [0.2, 0.25) is 0 Å². The first kappa shape index (κ1) is 16.3. The summed E-state index contributed by atoms with van der Waals surface area (Å²) in [6, 6.07) is 5.51. The lowest BCUT2D eigenvalue weighted by atomic mass is 9.80. The highest BCUT2D eigenvalue weighted by Gasteiger charge is 2.30. The third-order valence-electron chi connectivity index (χ3n) is 3.27. The Kier molecular flexibility index (Phi) is 5.39. The van der Waals surface area contributed by atoms with E-state index in [1.54, 1.807) is 20.3 Å².